The highest BCUT2D eigenvalue weighted by atomic mass is 35.5. The summed E-state index contributed by atoms with van der Waals surface area (Å²) in [4.78, 5) is 11.1. The highest BCUT2D eigenvalue weighted by molar-refractivity contribution is 6.63. The van der Waals surface area contributed by atoms with Crippen molar-refractivity contribution in [2.24, 2.45) is 0 Å². The van der Waals surface area contributed by atoms with Crippen LogP contribution in [-0.2, 0) is 17.6 Å². The van der Waals surface area contributed by atoms with Gasteiger partial charge < -0.3 is 0 Å². The SMILES string of the molecule is CCc1cc(C)cc(C2CC2)c1CC(=O)Cl. The third kappa shape index (κ3) is 2.46. The number of halogens is 1. The Bertz CT molecular complexity index is 419. The Morgan fingerprint density at radius 3 is 2.62 bits per heavy atom. The first-order valence-corrected chi connectivity index (χ1v) is 6.30. The quantitative estimate of drug-likeness (QED) is 0.728. The first-order valence-electron chi connectivity index (χ1n) is 5.92. The highest BCUT2D eigenvalue weighted by Gasteiger charge is 2.27. The summed E-state index contributed by atoms with van der Waals surface area (Å²) in [6, 6.07) is 4.41. The molecule has 0 aromatic heterocycles. The molecular weight excluding hydrogens is 220 g/mol. The van der Waals surface area contributed by atoms with Crippen LogP contribution in [0.4, 0.5) is 0 Å². The van der Waals surface area contributed by atoms with Gasteiger partial charge in [0.05, 0.1) is 0 Å². The molecule has 0 heterocycles. The van der Waals surface area contributed by atoms with E-state index in [2.05, 4.69) is 26.0 Å². The molecule has 2 heteroatoms. The lowest BCUT2D eigenvalue weighted by molar-refractivity contribution is -0.111. The van der Waals surface area contributed by atoms with E-state index >= 15 is 0 Å². The van der Waals surface area contributed by atoms with E-state index in [1.807, 2.05) is 0 Å². The van der Waals surface area contributed by atoms with Crippen LogP contribution in [0.1, 0.15) is 47.9 Å². The molecule has 0 spiro atoms. The van der Waals surface area contributed by atoms with Crippen LogP contribution in [0.25, 0.3) is 0 Å². The normalized spacial score (nSPS) is 15.2. The second-order valence-corrected chi connectivity index (χ2v) is 5.07. The molecule has 1 aliphatic rings. The lowest BCUT2D eigenvalue weighted by atomic mass is 9.92. The van der Waals surface area contributed by atoms with Crippen LogP contribution in [0.15, 0.2) is 12.1 Å². The van der Waals surface area contributed by atoms with Gasteiger partial charge in [-0.2, -0.15) is 0 Å². The van der Waals surface area contributed by atoms with Crippen molar-refractivity contribution >= 4 is 16.8 Å². The zero-order valence-corrected chi connectivity index (χ0v) is 10.6. The number of aryl methyl sites for hydroxylation is 2. The summed E-state index contributed by atoms with van der Waals surface area (Å²) in [5.41, 5.74) is 5.14. The maximum Gasteiger partial charge on any atom is 0.226 e. The first kappa shape index (κ1) is 11.7. The Kier molecular flexibility index (Phi) is 3.34. The van der Waals surface area contributed by atoms with Gasteiger partial charge in [0.25, 0.3) is 0 Å². The van der Waals surface area contributed by atoms with Crippen LogP contribution in [0, 0.1) is 6.92 Å². The molecule has 16 heavy (non-hydrogen) atoms. The van der Waals surface area contributed by atoms with Gasteiger partial charge in [0, 0.05) is 6.42 Å². The summed E-state index contributed by atoms with van der Waals surface area (Å²) >= 11 is 5.54. The Hall–Kier alpha value is -0.820. The molecule has 0 radical (unpaired) electrons. The minimum atomic E-state index is -0.250. The minimum absolute atomic E-state index is 0.250. The third-order valence-corrected chi connectivity index (χ3v) is 3.37. The number of benzene rings is 1. The fraction of sp³-hybridized carbons (Fsp3) is 0.500. The molecule has 1 fully saturated rings. The van der Waals surface area contributed by atoms with E-state index in [1.165, 1.54) is 35.1 Å². The van der Waals surface area contributed by atoms with Crippen LogP contribution in [0.2, 0.25) is 0 Å². The standard InChI is InChI=1S/C14H17ClO/c1-3-10-6-9(2)7-12(11-4-5-11)13(10)8-14(15)16/h6-7,11H,3-5,8H2,1-2H3. The van der Waals surface area contributed by atoms with Crippen LogP contribution in [0.5, 0.6) is 0 Å². The largest absolute Gasteiger partial charge is 0.281 e. The fourth-order valence-corrected chi connectivity index (χ4v) is 2.48. The van der Waals surface area contributed by atoms with E-state index in [4.69, 9.17) is 11.6 Å². The van der Waals surface area contributed by atoms with Gasteiger partial charge in [-0.3, -0.25) is 4.79 Å². The van der Waals surface area contributed by atoms with Gasteiger partial charge in [-0.1, -0.05) is 24.6 Å². The van der Waals surface area contributed by atoms with Crippen molar-refractivity contribution in [2.75, 3.05) is 0 Å². The Morgan fingerprint density at radius 1 is 1.44 bits per heavy atom. The lowest BCUT2D eigenvalue weighted by Crippen LogP contribution is -2.04. The molecule has 0 atom stereocenters. The number of hydrogen-bond donors (Lipinski definition) is 0. The highest BCUT2D eigenvalue weighted by Crippen LogP contribution is 2.43. The second-order valence-electron chi connectivity index (χ2n) is 4.65. The molecule has 0 unspecified atom stereocenters. The van der Waals surface area contributed by atoms with Gasteiger partial charge >= 0.3 is 0 Å². The number of hydrogen-bond acceptors (Lipinski definition) is 1. The van der Waals surface area contributed by atoms with E-state index < -0.39 is 0 Å². The van der Waals surface area contributed by atoms with Crippen molar-refractivity contribution in [3.8, 4) is 0 Å². The van der Waals surface area contributed by atoms with Crippen LogP contribution >= 0.6 is 11.6 Å². The molecule has 0 saturated heterocycles. The maximum absolute atomic E-state index is 11.1. The van der Waals surface area contributed by atoms with Crippen molar-refractivity contribution in [2.45, 2.75) is 45.4 Å². The van der Waals surface area contributed by atoms with E-state index in [0.29, 0.717) is 12.3 Å². The Morgan fingerprint density at radius 2 is 2.12 bits per heavy atom. The maximum atomic E-state index is 11.1. The van der Waals surface area contributed by atoms with Gasteiger partial charge in [-0.05, 0) is 60.4 Å². The van der Waals surface area contributed by atoms with E-state index in [1.54, 1.807) is 0 Å². The summed E-state index contributed by atoms with van der Waals surface area (Å²) in [7, 11) is 0. The molecule has 0 N–H and O–H groups in total. The van der Waals surface area contributed by atoms with Crippen molar-refractivity contribution in [1.82, 2.24) is 0 Å². The average Bonchev–Trinajstić information content (AvgIpc) is 3.02. The summed E-state index contributed by atoms with van der Waals surface area (Å²) in [5.74, 6) is 0.677. The predicted octanol–water partition coefficient (Wildman–Crippen LogP) is 3.74. The Labute approximate surface area is 102 Å². The molecule has 0 aliphatic heterocycles. The van der Waals surface area contributed by atoms with Crippen LogP contribution in [0.3, 0.4) is 0 Å². The van der Waals surface area contributed by atoms with E-state index in [0.717, 1.165) is 6.42 Å². The molecule has 1 aliphatic carbocycles. The summed E-state index contributed by atoms with van der Waals surface area (Å²) < 4.78 is 0. The molecule has 1 saturated carbocycles. The topological polar surface area (TPSA) is 17.1 Å². The van der Waals surface area contributed by atoms with Gasteiger partial charge in [0.2, 0.25) is 5.24 Å². The van der Waals surface area contributed by atoms with Crippen LogP contribution < -0.4 is 0 Å². The zero-order valence-electron chi connectivity index (χ0n) is 9.85. The molecule has 1 aromatic rings. The average molecular weight is 237 g/mol. The minimum Gasteiger partial charge on any atom is -0.281 e. The summed E-state index contributed by atoms with van der Waals surface area (Å²) in [5, 5.41) is -0.250. The first-order chi connectivity index (χ1) is 7.61. The number of carbonyl (C=O) groups is 1. The van der Waals surface area contributed by atoms with Gasteiger partial charge in [-0.15, -0.1) is 0 Å². The van der Waals surface area contributed by atoms with Crippen LogP contribution in [-0.4, -0.2) is 5.24 Å². The molecule has 0 amide bonds. The Balaban J connectivity index is 2.46. The van der Waals surface area contributed by atoms with Crippen molar-refractivity contribution in [3.63, 3.8) is 0 Å². The number of rotatable bonds is 4. The zero-order chi connectivity index (χ0) is 11.7. The van der Waals surface area contributed by atoms with E-state index in [-0.39, 0.29) is 5.24 Å². The lowest BCUT2D eigenvalue weighted by Gasteiger charge is -2.13. The summed E-state index contributed by atoms with van der Waals surface area (Å²) in [6.07, 6.45) is 3.88. The second kappa shape index (κ2) is 4.58. The smallest absolute Gasteiger partial charge is 0.226 e. The van der Waals surface area contributed by atoms with Crippen molar-refractivity contribution < 1.29 is 4.79 Å². The van der Waals surface area contributed by atoms with Crippen molar-refractivity contribution in [1.29, 1.82) is 0 Å². The predicted molar refractivity (Wildman–Crippen MR) is 67.1 cm³/mol. The number of carbonyl (C=O) groups excluding carboxylic acids is 1. The third-order valence-electron chi connectivity index (χ3n) is 3.23. The molecular formula is C14H17ClO. The molecule has 86 valence electrons. The van der Waals surface area contributed by atoms with Gasteiger partial charge in [0.1, 0.15) is 0 Å². The fourth-order valence-electron chi connectivity index (χ4n) is 2.35. The van der Waals surface area contributed by atoms with Crippen molar-refractivity contribution in [3.05, 3.63) is 34.4 Å². The monoisotopic (exact) mass is 236 g/mol. The van der Waals surface area contributed by atoms with Gasteiger partial charge in [-0.25, -0.2) is 0 Å². The molecule has 2 rings (SSSR count). The van der Waals surface area contributed by atoms with E-state index in [9.17, 15) is 4.79 Å². The van der Waals surface area contributed by atoms with Gasteiger partial charge in [0.15, 0.2) is 0 Å². The molecule has 1 aromatic carbocycles. The molecule has 0 bridgehead atoms. The summed E-state index contributed by atoms with van der Waals surface area (Å²) in [6.45, 7) is 4.25. The molecule has 1 nitrogen and oxygen atoms in total.